The summed E-state index contributed by atoms with van der Waals surface area (Å²) in [6.45, 7) is 0. The minimum Gasteiger partial charge on any atom is -0.497 e. The fourth-order valence-corrected chi connectivity index (χ4v) is 2.08. The van der Waals surface area contributed by atoms with E-state index in [2.05, 4.69) is 0 Å². The fourth-order valence-electron chi connectivity index (χ4n) is 2.08. The molecular weight excluding hydrogens is 348 g/mol. The zero-order chi connectivity index (χ0) is 18.3. The van der Waals surface area contributed by atoms with Crippen LogP contribution in [0.25, 0.3) is 22.6 Å². The highest BCUT2D eigenvalue weighted by Crippen LogP contribution is 2.27. The number of halogens is 1. The van der Waals surface area contributed by atoms with Crippen LogP contribution >= 0.6 is 0 Å². The van der Waals surface area contributed by atoms with E-state index in [4.69, 9.17) is 27.8 Å². The molecule has 3 rings (SSSR count). The highest BCUT2D eigenvalue weighted by molar-refractivity contribution is 5.63. The van der Waals surface area contributed by atoms with E-state index in [0.717, 1.165) is 28.4 Å². The van der Waals surface area contributed by atoms with Crippen LogP contribution in [0.2, 0.25) is 0 Å². The fraction of sp³-hybridized carbons (Fsp3) is 0.0556. The Morgan fingerprint density at radius 1 is 0.680 bits per heavy atom. The maximum absolute atomic E-state index is 8.49. The van der Waals surface area contributed by atoms with Gasteiger partial charge in [0.2, 0.25) is 0 Å². The molecule has 3 aromatic rings. The number of rotatable bonds is 3. The van der Waals surface area contributed by atoms with Crippen LogP contribution in [-0.2, 0) is 0 Å². The summed E-state index contributed by atoms with van der Waals surface area (Å²) in [5.41, 5.74) is 2.10. The Morgan fingerprint density at radius 2 is 1.16 bits per heavy atom. The minimum atomic E-state index is -4.94. The quantitative estimate of drug-likeness (QED) is 0.613. The molecule has 0 aliphatic carbocycles. The maximum Gasteiger partial charge on any atom is 0.360 e. The molecule has 2 aromatic carbocycles. The molecule has 0 spiro atoms. The molecule has 25 heavy (non-hydrogen) atoms. The van der Waals surface area contributed by atoms with Gasteiger partial charge in [0, 0.05) is 12.1 Å². The summed E-state index contributed by atoms with van der Waals surface area (Å²) < 4.78 is 45.1. The molecule has 6 nitrogen and oxygen atoms in total. The molecule has 0 atom stereocenters. The van der Waals surface area contributed by atoms with E-state index >= 15 is 0 Å². The molecule has 1 heterocycles. The van der Waals surface area contributed by atoms with E-state index in [1.807, 2.05) is 72.8 Å². The molecule has 0 saturated heterocycles. The van der Waals surface area contributed by atoms with Crippen molar-refractivity contribution >= 4 is 0 Å². The van der Waals surface area contributed by atoms with Gasteiger partial charge in [-0.05, 0) is 42.5 Å². The van der Waals surface area contributed by atoms with E-state index in [1.165, 1.54) is 0 Å². The van der Waals surface area contributed by atoms with Gasteiger partial charge < -0.3 is 4.74 Å². The van der Waals surface area contributed by atoms with Crippen LogP contribution < -0.4 is 23.4 Å². The monoisotopic (exact) mass is 362 g/mol. The van der Waals surface area contributed by atoms with Gasteiger partial charge in [-0.25, -0.2) is 23.1 Å². The SMILES string of the molecule is COc1ccc(-c2cccc(-c3ccccc3)[o+]2)cc1.[O-][Cl+3]([O-])([O-])[O-]. The van der Waals surface area contributed by atoms with E-state index in [1.54, 1.807) is 7.11 Å². The van der Waals surface area contributed by atoms with Crippen molar-refractivity contribution in [2.45, 2.75) is 0 Å². The second-order valence-corrected chi connectivity index (χ2v) is 5.58. The van der Waals surface area contributed by atoms with E-state index in [-0.39, 0.29) is 0 Å². The van der Waals surface area contributed by atoms with Crippen LogP contribution in [0.4, 0.5) is 0 Å². The molecule has 0 unspecified atom stereocenters. The largest absolute Gasteiger partial charge is 0.497 e. The van der Waals surface area contributed by atoms with E-state index < -0.39 is 10.2 Å². The first kappa shape index (κ1) is 18.9. The lowest BCUT2D eigenvalue weighted by Gasteiger charge is -2.17. The average Bonchev–Trinajstić information content (AvgIpc) is 2.61. The first-order valence-electron chi connectivity index (χ1n) is 7.11. The predicted octanol–water partition coefficient (Wildman–Crippen LogP) is 0.147. The van der Waals surface area contributed by atoms with Crippen molar-refractivity contribution in [3.8, 4) is 28.4 Å². The molecule has 1 aromatic heterocycles. The summed E-state index contributed by atoms with van der Waals surface area (Å²) >= 11 is 0. The van der Waals surface area contributed by atoms with Crippen LogP contribution in [-0.4, -0.2) is 7.11 Å². The Hall–Kier alpha value is -2.48. The molecule has 0 N–H and O–H groups in total. The molecule has 7 heteroatoms. The molecule has 0 bridgehead atoms. The molecule has 0 saturated carbocycles. The van der Waals surface area contributed by atoms with Crippen molar-refractivity contribution < 1.29 is 38.0 Å². The van der Waals surface area contributed by atoms with Crippen molar-refractivity contribution in [2.75, 3.05) is 7.11 Å². The van der Waals surface area contributed by atoms with Gasteiger partial charge in [0.05, 0.1) is 18.2 Å². The maximum atomic E-state index is 8.49. The minimum absolute atomic E-state index is 0.841. The molecular formula is C18H15ClO6. The highest BCUT2D eigenvalue weighted by Gasteiger charge is 2.16. The Morgan fingerprint density at radius 3 is 1.64 bits per heavy atom. The standard InChI is InChI=1S/C18H15O2.ClHO4/c1-19-16-12-10-15(11-13-16)18-9-5-8-17(20-18)14-6-3-2-4-7-14;2-1(3,4)5/h2-13H,1H3;(H,2,3,4,5)/q+1;/p-1. The molecule has 0 aliphatic heterocycles. The molecule has 0 radical (unpaired) electrons. The van der Waals surface area contributed by atoms with Gasteiger partial charge in [0.15, 0.2) is 0 Å². The Balaban J connectivity index is 0.000000399. The smallest absolute Gasteiger partial charge is 0.360 e. The van der Waals surface area contributed by atoms with Gasteiger partial charge in [0.25, 0.3) is 0 Å². The van der Waals surface area contributed by atoms with Gasteiger partial charge in [-0.15, -0.1) is 10.2 Å². The third-order valence-corrected chi connectivity index (χ3v) is 3.15. The second kappa shape index (κ2) is 8.57. The van der Waals surface area contributed by atoms with Crippen LogP contribution in [0, 0.1) is 10.2 Å². The number of ether oxygens (including phenoxy) is 1. The number of methoxy groups -OCH3 is 1. The van der Waals surface area contributed by atoms with Crippen molar-refractivity contribution in [3.63, 3.8) is 0 Å². The van der Waals surface area contributed by atoms with Gasteiger partial charge in [0.1, 0.15) is 5.75 Å². The molecule has 0 amide bonds. The zero-order valence-electron chi connectivity index (χ0n) is 13.3. The topological polar surface area (TPSA) is 113 Å². The highest BCUT2D eigenvalue weighted by atomic mass is 35.7. The summed E-state index contributed by atoms with van der Waals surface area (Å²) in [5, 5.41) is 0. The molecule has 0 fully saturated rings. The third kappa shape index (κ3) is 6.50. The van der Waals surface area contributed by atoms with Crippen molar-refractivity contribution in [3.05, 3.63) is 72.8 Å². The van der Waals surface area contributed by atoms with Crippen molar-refractivity contribution in [1.82, 2.24) is 0 Å². The Labute approximate surface area is 146 Å². The summed E-state index contributed by atoms with van der Waals surface area (Å²) in [4.78, 5) is 0. The number of hydrogen-bond donors (Lipinski definition) is 0. The summed E-state index contributed by atoms with van der Waals surface area (Å²) in [7, 11) is -3.28. The third-order valence-electron chi connectivity index (χ3n) is 3.15. The van der Waals surface area contributed by atoms with Crippen LogP contribution in [0.5, 0.6) is 5.75 Å². The lowest BCUT2D eigenvalue weighted by Crippen LogP contribution is -2.68. The Bertz CT molecular complexity index is 779. The van der Waals surface area contributed by atoms with Gasteiger partial charge in [-0.3, -0.25) is 0 Å². The second-order valence-electron chi connectivity index (χ2n) is 4.83. The Kier molecular flexibility index (Phi) is 6.46. The predicted molar refractivity (Wildman–Crippen MR) is 80.5 cm³/mol. The first-order chi connectivity index (χ1) is 11.9. The van der Waals surface area contributed by atoms with Crippen molar-refractivity contribution in [2.24, 2.45) is 0 Å². The summed E-state index contributed by atoms with van der Waals surface area (Å²) in [5.74, 6) is 2.54. The van der Waals surface area contributed by atoms with Gasteiger partial charge in [-0.1, -0.05) is 18.2 Å². The number of hydrogen-bond acceptors (Lipinski definition) is 5. The molecule has 130 valence electrons. The normalized spacial score (nSPS) is 10.6. The van der Waals surface area contributed by atoms with Crippen LogP contribution in [0.3, 0.4) is 0 Å². The van der Waals surface area contributed by atoms with Gasteiger partial charge >= 0.3 is 11.5 Å². The van der Waals surface area contributed by atoms with E-state index in [9.17, 15) is 0 Å². The van der Waals surface area contributed by atoms with Crippen molar-refractivity contribution in [1.29, 1.82) is 0 Å². The number of benzene rings is 2. The zero-order valence-corrected chi connectivity index (χ0v) is 14.0. The first-order valence-corrected chi connectivity index (χ1v) is 8.35. The summed E-state index contributed by atoms with van der Waals surface area (Å²) in [6.07, 6.45) is 0. The van der Waals surface area contributed by atoms with E-state index in [0.29, 0.717) is 0 Å². The molecule has 0 aliphatic rings. The van der Waals surface area contributed by atoms with Crippen LogP contribution in [0.15, 0.2) is 77.2 Å². The van der Waals surface area contributed by atoms with Gasteiger partial charge in [-0.2, -0.15) is 0 Å². The van der Waals surface area contributed by atoms with Crippen LogP contribution in [0.1, 0.15) is 0 Å². The summed E-state index contributed by atoms with van der Waals surface area (Å²) in [6, 6.07) is 23.9. The average molecular weight is 363 g/mol. The lowest BCUT2D eigenvalue weighted by atomic mass is 10.1. The lowest BCUT2D eigenvalue weighted by molar-refractivity contribution is -2.00.